The molecular weight excluding hydrogens is 370 g/mol. The average molecular weight is 390 g/mol. The summed E-state index contributed by atoms with van der Waals surface area (Å²) in [6.45, 7) is 6.46. The van der Waals surface area contributed by atoms with Crippen molar-refractivity contribution in [1.82, 2.24) is 14.5 Å². The van der Waals surface area contributed by atoms with Crippen LogP contribution < -0.4 is 0 Å². The molecule has 3 heterocycles. The Kier molecular flexibility index (Phi) is 5.73. The van der Waals surface area contributed by atoms with Crippen molar-refractivity contribution in [3.63, 3.8) is 0 Å². The standard InChI is InChI=1S/C18H19N3O3S2/c1-4-21-11(2)7-14(12(21)3)15(22)8-24-16(23)9-26-18-13-5-6-25-17(13)19-10-20-18/h5-7,10H,4,8-9H2,1-3H3. The van der Waals surface area contributed by atoms with Gasteiger partial charge in [-0.2, -0.15) is 0 Å². The van der Waals surface area contributed by atoms with E-state index in [4.69, 9.17) is 4.74 Å². The van der Waals surface area contributed by atoms with E-state index in [0.29, 0.717) is 5.56 Å². The molecule has 0 bridgehead atoms. The molecule has 6 nitrogen and oxygen atoms in total. The van der Waals surface area contributed by atoms with E-state index >= 15 is 0 Å². The van der Waals surface area contributed by atoms with Crippen LogP contribution in [0.4, 0.5) is 0 Å². The molecule has 0 atom stereocenters. The number of nitrogens with zero attached hydrogens (tertiary/aromatic N) is 3. The van der Waals surface area contributed by atoms with Crippen molar-refractivity contribution in [2.45, 2.75) is 32.3 Å². The second-order valence-electron chi connectivity index (χ2n) is 5.72. The molecule has 0 aliphatic heterocycles. The van der Waals surface area contributed by atoms with Gasteiger partial charge in [-0.1, -0.05) is 11.8 Å². The predicted molar refractivity (Wildman–Crippen MR) is 103 cm³/mol. The molecule has 3 aromatic rings. The molecule has 0 saturated heterocycles. The molecule has 0 unspecified atom stereocenters. The number of ether oxygens (including phenoxy) is 1. The topological polar surface area (TPSA) is 74.1 Å². The van der Waals surface area contributed by atoms with E-state index in [1.54, 1.807) is 0 Å². The lowest BCUT2D eigenvalue weighted by atomic mass is 10.1. The van der Waals surface area contributed by atoms with Crippen molar-refractivity contribution in [3.05, 3.63) is 40.8 Å². The monoisotopic (exact) mass is 389 g/mol. The lowest BCUT2D eigenvalue weighted by Gasteiger charge is -2.06. The van der Waals surface area contributed by atoms with E-state index in [-0.39, 0.29) is 18.1 Å². The third-order valence-corrected chi connectivity index (χ3v) is 5.91. The summed E-state index contributed by atoms with van der Waals surface area (Å²) in [7, 11) is 0. The Morgan fingerprint density at radius 1 is 1.31 bits per heavy atom. The summed E-state index contributed by atoms with van der Waals surface area (Å²) >= 11 is 2.82. The number of carbonyl (C=O) groups is 2. The number of esters is 1. The fourth-order valence-corrected chi connectivity index (χ4v) is 4.42. The first-order valence-corrected chi connectivity index (χ1v) is 10.0. The van der Waals surface area contributed by atoms with Gasteiger partial charge in [0.25, 0.3) is 0 Å². The second kappa shape index (κ2) is 8.01. The molecule has 0 amide bonds. The van der Waals surface area contributed by atoms with E-state index in [0.717, 1.165) is 33.2 Å². The molecule has 3 aromatic heterocycles. The number of Topliss-reactive ketones (excluding diaryl/α,β-unsaturated/α-hetero) is 1. The summed E-state index contributed by atoms with van der Waals surface area (Å²) in [5.41, 5.74) is 2.54. The van der Waals surface area contributed by atoms with Crippen molar-refractivity contribution in [2.24, 2.45) is 0 Å². The van der Waals surface area contributed by atoms with Crippen molar-refractivity contribution in [1.29, 1.82) is 0 Å². The van der Waals surface area contributed by atoms with Gasteiger partial charge in [0, 0.05) is 28.9 Å². The fourth-order valence-electron chi connectivity index (χ4n) is 2.85. The smallest absolute Gasteiger partial charge is 0.316 e. The van der Waals surface area contributed by atoms with E-state index in [1.165, 1.54) is 29.4 Å². The molecule has 0 N–H and O–H groups in total. The van der Waals surface area contributed by atoms with Gasteiger partial charge >= 0.3 is 5.97 Å². The van der Waals surface area contributed by atoms with Gasteiger partial charge < -0.3 is 9.30 Å². The number of rotatable bonds is 7. The van der Waals surface area contributed by atoms with Crippen LogP contribution in [0.25, 0.3) is 10.2 Å². The minimum atomic E-state index is -0.436. The molecule has 136 valence electrons. The van der Waals surface area contributed by atoms with Crippen LogP contribution in [-0.4, -0.2) is 38.6 Å². The third-order valence-electron chi connectivity index (χ3n) is 4.11. The maximum absolute atomic E-state index is 12.3. The Morgan fingerprint density at radius 3 is 2.85 bits per heavy atom. The van der Waals surface area contributed by atoms with Crippen LogP contribution in [0.2, 0.25) is 0 Å². The second-order valence-corrected chi connectivity index (χ2v) is 7.58. The van der Waals surface area contributed by atoms with Gasteiger partial charge in [0.2, 0.25) is 5.78 Å². The van der Waals surface area contributed by atoms with Crippen LogP contribution in [0.15, 0.2) is 28.9 Å². The third kappa shape index (κ3) is 3.81. The highest BCUT2D eigenvalue weighted by molar-refractivity contribution is 8.00. The van der Waals surface area contributed by atoms with Crippen LogP contribution in [0.1, 0.15) is 28.7 Å². The fraction of sp³-hybridized carbons (Fsp3) is 0.333. The number of carbonyl (C=O) groups excluding carboxylic acids is 2. The van der Waals surface area contributed by atoms with Gasteiger partial charge in [-0.3, -0.25) is 9.59 Å². The van der Waals surface area contributed by atoms with Gasteiger partial charge in [0.15, 0.2) is 6.61 Å². The van der Waals surface area contributed by atoms with Gasteiger partial charge in [-0.15, -0.1) is 11.3 Å². The van der Waals surface area contributed by atoms with E-state index in [2.05, 4.69) is 14.5 Å². The zero-order valence-corrected chi connectivity index (χ0v) is 16.4. The van der Waals surface area contributed by atoms with Crippen LogP contribution in [0, 0.1) is 13.8 Å². The van der Waals surface area contributed by atoms with Crippen LogP contribution in [-0.2, 0) is 16.1 Å². The maximum Gasteiger partial charge on any atom is 0.316 e. The Bertz CT molecular complexity index is 962. The molecule has 0 aliphatic rings. The van der Waals surface area contributed by atoms with Gasteiger partial charge in [0.05, 0.1) is 5.75 Å². The van der Waals surface area contributed by atoms with Gasteiger partial charge in [-0.25, -0.2) is 9.97 Å². The van der Waals surface area contributed by atoms with E-state index in [9.17, 15) is 9.59 Å². The minimum Gasteiger partial charge on any atom is -0.457 e. The number of fused-ring (bicyclic) bond motifs is 1. The van der Waals surface area contributed by atoms with Crippen LogP contribution in [0.5, 0.6) is 0 Å². The van der Waals surface area contributed by atoms with E-state index < -0.39 is 5.97 Å². The molecule has 0 saturated carbocycles. The molecule has 8 heteroatoms. The Hall–Kier alpha value is -2.19. The largest absolute Gasteiger partial charge is 0.457 e. The van der Waals surface area contributed by atoms with Gasteiger partial charge in [0.1, 0.15) is 16.2 Å². The van der Waals surface area contributed by atoms with Crippen molar-refractivity contribution < 1.29 is 14.3 Å². The molecule has 26 heavy (non-hydrogen) atoms. The minimum absolute atomic E-state index is 0.100. The first kappa shape index (κ1) is 18.6. The number of thiophene rings is 1. The normalized spacial score (nSPS) is 11.0. The Balaban J connectivity index is 1.56. The summed E-state index contributed by atoms with van der Waals surface area (Å²) in [4.78, 5) is 33.6. The van der Waals surface area contributed by atoms with Crippen LogP contribution >= 0.6 is 23.1 Å². The maximum atomic E-state index is 12.3. The highest BCUT2D eigenvalue weighted by Crippen LogP contribution is 2.27. The lowest BCUT2D eigenvalue weighted by molar-refractivity contribution is -0.139. The zero-order chi connectivity index (χ0) is 18.7. The van der Waals surface area contributed by atoms with Crippen LogP contribution in [0.3, 0.4) is 0 Å². The molecule has 0 radical (unpaired) electrons. The molecule has 0 aliphatic carbocycles. The Labute approximate surface area is 159 Å². The highest BCUT2D eigenvalue weighted by Gasteiger charge is 2.17. The predicted octanol–water partition coefficient (Wildman–Crippen LogP) is 3.65. The number of ketones is 1. The molecule has 0 fully saturated rings. The first-order valence-electron chi connectivity index (χ1n) is 8.17. The summed E-state index contributed by atoms with van der Waals surface area (Å²) in [6.07, 6.45) is 1.49. The molecular formula is C18H19N3O3S2. The highest BCUT2D eigenvalue weighted by atomic mass is 32.2. The summed E-state index contributed by atoms with van der Waals surface area (Å²) in [6, 6.07) is 3.78. The quantitative estimate of drug-likeness (QED) is 0.266. The number of hydrogen-bond donors (Lipinski definition) is 0. The lowest BCUT2D eigenvalue weighted by Crippen LogP contribution is -2.16. The van der Waals surface area contributed by atoms with Crippen molar-refractivity contribution in [2.75, 3.05) is 12.4 Å². The number of hydrogen-bond acceptors (Lipinski definition) is 7. The van der Waals surface area contributed by atoms with Crippen molar-refractivity contribution in [3.8, 4) is 0 Å². The number of aryl methyl sites for hydroxylation is 1. The first-order chi connectivity index (χ1) is 12.5. The summed E-state index contributed by atoms with van der Waals surface area (Å²) in [5, 5.41) is 3.61. The summed E-state index contributed by atoms with van der Waals surface area (Å²) in [5.74, 6) is -0.517. The summed E-state index contributed by atoms with van der Waals surface area (Å²) < 4.78 is 7.21. The van der Waals surface area contributed by atoms with Crippen molar-refractivity contribution >= 4 is 45.1 Å². The van der Waals surface area contributed by atoms with E-state index in [1.807, 2.05) is 38.3 Å². The molecule has 0 aromatic carbocycles. The molecule has 0 spiro atoms. The zero-order valence-electron chi connectivity index (χ0n) is 14.8. The molecule has 3 rings (SSSR count). The number of aromatic nitrogens is 3. The number of thioether (sulfide) groups is 1. The SMILES string of the molecule is CCn1c(C)cc(C(=O)COC(=O)CSc2ncnc3sccc23)c1C. The van der Waals surface area contributed by atoms with Gasteiger partial charge in [-0.05, 0) is 38.3 Å². The average Bonchev–Trinajstić information content (AvgIpc) is 3.22. The Morgan fingerprint density at radius 2 is 2.12 bits per heavy atom.